The third-order valence-corrected chi connectivity index (χ3v) is 4.01. The summed E-state index contributed by atoms with van der Waals surface area (Å²) in [6.07, 6.45) is 7.80. The third-order valence-electron chi connectivity index (χ3n) is 4.01. The number of ketones is 1. The van der Waals surface area contributed by atoms with Crippen LogP contribution < -0.4 is 0 Å². The van der Waals surface area contributed by atoms with Crippen molar-refractivity contribution in [1.29, 1.82) is 0 Å². The fraction of sp³-hybridized carbons (Fsp3) is 0.923. The Labute approximate surface area is 93.0 Å². The molecule has 2 heteroatoms. The van der Waals surface area contributed by atoms with Crippen LogP contribution in [0.15, 0.2) is 0 Å². The van der Waals surface area contributed by atoms with Gasteiger partial charge in [-0.3, -0.25) is 9.69 Å². The molecule has 1 aliphatic heterocycles. The molecule has 15 heavy (non-hydrogen) atoms. The van der Waals surface area contributed by atoms with E-state index in [-0.39, 0.29) is 0 Å². The van der Waals surface area contributed by atoms with E-state index in [1.54, 1.807) is 0 Å². The summed E-state index contributed by atoms with van der Waals surface area (Å²) in [5, 5.41) is 0. The molecule has 0 aromatic carbocycles. The molecule has 1 heterocycles. The first kappa shape index (κ1) is 11.1. The smallest absolute Gasteiger partial charge is 0.148 e. The topological polar surface area (TPSA) is 20.3 Å². The predicted molar refractivity (Wildman–Crippen MR) is 61.8 cm³/mol. The normalized spacial score (nSPS) is 33.5. The Kier molecular flexibility index (Phi) is 3.79. The Balaban J connectivity index is 1.66. The second-order valence-electron chi connectivity index (χ2n) is 5.49. The van der Waals surface area contributed by atoms with E-state index in [1.807, 2.05) is 0 Å². The highest BCUT2D eigenvalue weighted by Crippen LogP contribution is 2.30. The Morgan fingerprint density at radius 1 is 1.40 bits per heavy atom. The summed E-state index contributed by atoms with van der Waals surface area (Å²) in [5.41, 5.74) is 0. The highest BCUT2D eigenvalue weighted by molar-refractivity contribution is 5.82. The number of carbonyl (C=O) groups is 1. The Morgan fingerprint density at radius 2 is 2.27 bits per heavy atom. The molecule has 0 aromatic rings. The molecule has 0 N–H and O–H groups in total. The number of Topliss-reactive ketones (excluding diaryl/α,β-unsaturated/α-hetero) is 1. The highest BCUT2D eigenvalue weighted by atomic mass is 16.1. The maximum atomic E-state index is 11.1. The molecule has 2 nitrogen and oxygen atoms in total. The van der Waals surface area contributed by atoms with Crippen molar-refractivity contribution in [3.63, 3.8) is 0 Å². The second kappa shape index (κ2) is 5.11. The zero-order chi connectivity index (χ0) is 10.7. The molecule has 0 radical (unpaired) electrons. The number of rotatable bonds is 3. The first-order valence-electron chi connectivity index (χ1n) is 6.48. The minimum atomic E-state index is 0.437. The van der Waals surface area contributed by atoms with Crippen LogP contribution in [-0.4, -0.2) is 30.3 Å². The molecular formula is C13H23NO. The van der Waals surface area contributed by atoms with Crippen LogP contribution in [0, 0.1) is 11.8 Å². The Morgan fingerprint density at radius 3 is 2.93 bits per heavy atom. The lowest BCUT2D eigenvalue weighted by atomic mass is 9.81. The maximum absolute atomic E-state index is 11.1. The first-order chi connectivity index (χ1) is 7.24. The quantitative estimate of drug-likeness (QED) is 0.711. The van der Waals surface area contributed by atoms with Crippen molar-refractivity contribution in [2.24, 2.45) is 11.8 Å². The van der Waals surface area contributed by atoms with Gasteiger partial charge in [0.05, 0.1) is 6.54 Å². The SMILES string of the molecule is CC1CCCC(CCN2CCC(=O)C2)C1. The third kappa shape index (κ3) is 3.30. The van der Waals surface area contributed by atoms with Gasteiger partial charge in [0.15, 0.2) is 0 Å². The number of hydrogen-bond donors (Lipinski definition) is 0. The number of hydrogen-bond acceptors (Lipinski definition) is 2. The van der Waals surface area contributed by atoms with Gasteiger partial charge < -0.3 is 0 Å². The largest absolute Gasteiger partial charge is 0.298 e. The van der Waals surface area contributed by atoms with Gasteiger partial charge in [-0.1, -0.05) is 26.2 Å². The van der Waals surface area contributed by atoms with Crippen molar-refractivity contribution in [3.8, 4) is 0 Å². The fourth-order valence-corrected chi connectivity index (χ4v) is 3.07. The van der Waals surface area contributed by atoms with E-state index in [1.165, 1.54) is 32.1 Å². The van der Waals surface area contributed by atoms with Gasteiger partial charge in [-0.05, 0) is 31.2 Å². The minimum absolute atomic E-state index is 0.437. The van der Waals surface area contributed by atoms with Gasteiger partial charge in [0, 0.05) is 13.0 Å². The van der Waals surface area contributed by atoms with E-state index < -0.39 is 0 Å². The zero-order valence-electron chi connectivity index (χ0n) is 9.87. The van der Waals surface area contributed by atoms with Crippen molar-refractivity contribution in [3.05, 3.63) is 0 Å². The molecule has 0 amide bonds. The second-order valence-corrected chi connectivity index (χ2v) is 5.49. The maximum Gasteiger partial charge on any atom is 0.148 e. The fourth-order valence-electron chi connectivity index (χ4n) is 3.07. The molecule has 2 unspecified atom stereocenters. The predicted octanol–water partition coefficient (Wildman–Crippen LogP) is 2.48. The summed E-state index contributed by atoms with van der Waals surface area (Å²) in [4.78, 5) is 13.4. The van der Waals surface area contributed by atoms with Gasteiger partial charge in [-0.15, -0.1) is 0 Å². The van der Waals surface area contributed by atoms with E-state index in [4.69, 9.17) is 0 Å². The van der Waals surface area contributed by atoms with Crippen LogP contribution in [0.25, 0.3) is 0 Å². The molecule has 2 aliphatic rings. The van der Waals surface area contributed by atoms with Crippen LogP contribution in [0.3, 0.4) is 0 Å². The number of likely N-dealkylation sites (tertiary alicyclic amines) is 1. The zero-order valence-corrected chi connectivity index (χ0v) is 9.87. The van der Waals surface area contributed by atoms with Gasteiger partial charge in [0.1, 0.15) is 5.78 Å². The molecule has 1 saturated heterocycles. The molecular weight excluding hydrogens is 186 g/mol. The molecule has 2 fully saturated rings. The summed E-state index contributed by atoms with van der Waals surface area (Å²) in [6, 6.07) is 0. The number of nitrogens with zero attached hydrogens (tertiary/aromatic N) is 1. The highest BCUT2D eigenvalue weighted by Gasteiger charge is 2.22. The average molecular weight is 209 g/mol. The van der Waals surface area contributed by atoms with Crippen molar-refractivity contribution in [2.75, 3.05) is 19.6 Å². The summed E-state index contributed by atoms with van der Waals surface area (Å²) in [6.45, 7) is 5.28. The van der Waals surface area contributed by atoms with Gasteiger partial charge in [-0.25, -0.2) is 0 Å². The molecule has 1 aliphatic carbocycles. The van der Waals surface area contributed by atoms with Crippen molar-refractivity contribution in [2.45, 2.75) is 45.4 Å². The van der Waals surface area contributed by atoms with Crippen molar-refractivity contribution in [1.82, 2.24) is 4.90 Å². The lowest BCUT2D eigenvalue weighted by Crippen LogP contribution is -2.25. The lowest BCUT2D eigenvalue weighted by molar-refractivity contribution is -0.116. The van der Waals surface area contributed by atoms with Crippen LogP contribution in [-0.2, 0) is 4.79 Å². The number of carbonyl (C=O) groups excluding carboxylic acids is 1. The van der Waals surface area contributed by atoms with Crippen LogP contribution in [0.4, 0.5) is 0 Å². The summed E-state index contributed by atoms with van der Waals surface area (Å²) in [7, 11) is 0. The molecule has 1 saturated carbocycles. The van der Waals surface area contributed by atoms with E-state index in [0.29, 0.717) is 5.78 Å². The van der Waals surface area contributed by atoms with E-state index in [0.717, 1.165) is 37.9 Å². The van der Waals surface area contributed by atoms with Gasteiger partial charge in [0.25, 0.3) is 0 Å². The summed E-state index contributed by atoms with van der Waals surface area (Å²) < 4.78 is 0. The van der Waals surface area contributed by atoms with Crippen LogP contribution in [0.1, 0.15) is 45.4 Å². The first-order valence-corrected chi connectivity index (χ1v) is 6.48. The average Bonchev–Trinajstić information content (AvgIpc) is 2.62. The van der Waals surface area contributed by atoms with Gasteiger partial charge >= 0.3 is 0 Å². The molecule has 0 spiro atoms. The molecule has 2 atom stereocenters. The van der Waals surface area contributed by atoms with Crippen molar-refractivity contribution < 1.29 is 4.79 Å². The standard InChI is InChI=1S/C13H23NO/c1-11-3-2-4-12(9-11)5-7-14-8-6-13(15)10-14/h11-12H,2-10H2,1H3. The molecule has 0 bridgehead atoms. The molecule has 2 rings (SSSR count). The molecule has 86 valence electrons. The monoisotopic (exact) mass is 209 g/mol. The van der Waals surface area contributed by atoms with E-state index in [9.17, 15) is 4.79 Å². The minimum Gasteiger partial charge on any atom is -0.298 e. The Bertz CT molecular complexity index is 227. The summed E-state index contributed by atoms with van der Waals surface area (Å²) >= 11 is 0. The molecule has 0 aromatic heterocycles. The van der Waals surface area contributed by atoms with Crippen LogP contribution >= 0.6 is 0 Å². The van der Waals surface area contributed by atoms with Crippen molar-refractivity contribution >= 4 is 5.78 Å². The summed E-state index contributed by atoms with van der Waals surface area (Å²) in [5.74, 6) is 2.31. The van der Waals surface area contributed by atoms with Crippen LogP contribution in [0.2, 0.25) is 0 Å². The van der Waals surface area contributed by atoms with Gasteiger partial charge in [0.2, 0.25) is 0 Å². The Hall–Kier alpha value is -0.370. The van der Waals surface area contributed by atoms with Gasteiger partial charge in [-0.2, -0.15) is 0 Å². The lowest BCUT2D eigenvalue weighted by Gasteiger charge is -2.28. The van der Waals surface area contributed by atoms with E-state index >= 15 is 0 Å². The van der Waals surface area contributed by atoms with E-state index in [2.05, 4.69) is 11.8 Å². The van der Waals surface area contributed by atoms with Crippen LogP contribution in [0.5, 0.6) is 0 Å².